The molecular formula is C13H10Br2ClNO3S. The molecule has 4 nitrogen and oxygen atoms in total. The van der Waals surface area contributed by atoms with Gasteiger partial charge in [0.2, 0.25) is 0 Å². The first-order valence-electron chi connectivity index (χ1n) is 5.65. The van der Waals surface area contributed by atoms with Crippen LogP contribution >= 0.6 is 43.5 Å². The van der Waals surface area contributed by atoms with Crippen LogP contribution in [0.25, 0.3) is 0 Å². The van der Waals surface area contributed by atoms with Crippen molar-refractivity contribution in [3.05, 3.63) is 50.4 Å². The number of hydrogen-bond acceptors (Lipinski definition) is 3. The predicted molar refractivity (Wildman–Crippen MR) is 90.7 cm³/mol. The highest BCUT2D eigenvalue weighted by Crippen LogP contribution is 2.30. The number of sulfonamides is 1. The Morgan fingerprint density at radius 2 is 1.86 bits per heavy atom. The average molecular weight is 456 g/mol. The molecule has 0 atom stereocenters. The Morgan fingerprint density at radius 1 is 1.14 bits per heavy atom. The van der Waals surface area contributed by atoms with Crippen molar-refractivity contribution in [3.8, 4) is 5.75 Å². The third-order valence-electron chi connectivity index (χ3n) is 2.59. The van der Waals surface area contributed by atoms with Crippen LogP contribution in [0.3, 0.4) is 0 Å². The Kier molecular flexibility index (Phi) is 5.19. The molecule has 2 aromatic carbocycles. The molecule has 0 saturated heterocycles. The second kappa shape index (κ2) is 6.56. The molecule has 2 rings (SSSR count). The molecule has 0 aliphatic rings. The zero-order chi connectivity index (χ0) is 15.6. The maximum Gasteiger partial charge on any atom is 0.263 e. The normalized spacial score (nSPS) is 11.2. The quantitative estimate of drug-likeness (QED) is 0.729. The predicted octanol–water partition coefficient (Wildman–Crippen LogP) is 4.67. The number of anilines is 1. The summed E-state index contributed by atoms with van der Waals surface area (Å²) in [5.41, 5.74) is 0.383. The SMILES string of the molecule is COc1cc(NS(=O)(=O)c2ccc(Br)cc2Cl)ccc1Br. The average Bonchev–Trinajstić information content (AvgIpc) is 2.40. The number of hydrogen-bond donors (Lipinski definition) is 1. The topological polar surface area (TPSA) is 55.4 Å². The Morgan fingerprint density at radius 3 is 2.48 bits per heavy atom. The van der Waals surface area contributed by atoms with E-state index in [-0.39, 0.29) is 9.92 Å². The lowest BCUT2D eigenvalue weighted by atomic mass is 10.3. The third-order valence-corrected chi connectivity index (χ3v) is 5.60. The van der Waals surface area contributed by atoms with Crippen LogP contribution in [0.5, 0.6) is 5.75 Å². The van der Waals surface area contributed by atoms with E-state index in [1.807, 2.05) is 0 Å². The van der Waals surface area contributed by atoms with Gasteiger partial charge in [-0.1, -0.05) is 27.5 Å². The maximum atomic E-state index is 12.4. The van der Waals surface area contributed by atoms with Crippen molar-refractivity contribution in [2.45, 2.75) is 4.90 Å². The largest absolute Gasteiger partial charge is 0.495 e. The smallest absolute Gasteiger partial charge is 0.263 e. The van der Waals surface area contributed by atoms with Gasteiger partial charge in [0.25, 0.3) is 10.0 Å². The van der Waals surface area contributed by atoms with E-state index in [0.29, 0.717) is 15.9 Å². The summed E-state index contributed by atoms with van der Waals surface area (Å²) in [4.78, 5) is 0.00857. The number of ether oxygens (including phenoxy) is 1. The van der Waals surface area contributed by atoms with Gasteiger partial charge in [-0.15, -0.1) is 0 Å². The summed E-state index contributed by atoms with van der Waals surface area (Å²) in [7, 11) is -2.27. The molecule has 0 saturated carbocycles. The van der Waals surface area contributed by atoms with Crippen molar-refractivity contribution >= 4 is 59.2 Å². The van der Waals surface area contributed by atoms with Crippen LogP contribution in [-0.2, 0) is 10.0 Å². The second-order valence-electron chi connectivity index (χ2n) is 4.03. The van der Waals surface area contributed by atoms with Gasteiger partial charge in [-0.05, 0) is 46.3 Å². The van der Waals surface area contributed by atoms with Gasteiger partial charge in [-0.2, -0.15) is 0 Å². The van der Waals surface area contributed by atoms with E-state index in [1.54, 1.807) is 24.3 Å². The molecule has 0 radical (unpaired) electrons. The molecule has 0 bridgehead atoms. The van der Waals surface area contributed by atoms with Crippen molar-refractivity contribution in [2.24, 2.45) is 0 Å². The molecule has 0 unspecified atom stereocenters. The van der Waals surface area contributed by atoms with Gasteiger partial charge in [0.1, 0.15) is 10.6 Å². The Hall–Kier alpha value is -0.760. The lowest BCUT2D eigenvalue weighted by Gasteiger charge is -2.11. The lowest BCUT2D eigenvalue weighted by molar-refractivity contribution is 0.412. The molecule has 1 N–H and O–H groups in total. The summed E-state index contributed by atoms with van der Waals surface area (Å²) >= 11 is 12.5. The van der Waals surface area contributed by atoms with Crippen LogP contribution in [0, 0.1) is 0 Å². The number of rotatable bonds is 4. The zero-order valence-electron chi connectivity index (χ0n) is 10.7. The molecule has 0 aliphatic heterocycles. The van der Waals surface area contributed by atoms with Crippen LogP contribution in [-0.4, -0.2) is 15.5 Å². The second-order valence-corrected chi connectivity index (χ2v) is 7.86. The molecule has 0 aliphatic carbocycles. The van der Waals surface area contributed by atoms with E-state index in [4.69, 9.17) is 16.3 Å². The first-order valence-corrected chi connectivity index (χ1v) is 9.09. The fourth-order valence-corrected chi connectivity index (χ4v) is 4.12. The molecule has 8 heteroatoms. The van der Waals surface area contributed by atoms with E-state index in [1.165, 1.54) is 19.2 Å². The van der Waals surface area contributed by atoms with Gasteiger partial charge in [0.05, 0.1) is 22.3 Å². The molecule has 112 valence electrons. The first kappa shape index (κ1) is 16.6. The highest BCUT2D eigenvalue weighted by molar-refractivity contribution is 9.10. The van der Waals surface area contributed by atoms with Gasteiger partial charge in [0, 0.05) is 10.5 Å². The minimum Gasteiger partial charge on any atom is -0.495 e. The van der Waals surface area contributed by atoms with Crippen molar-refractivity contribution < 1.29 is 13.2 Å². The monoisotopic (exact) mass is 453 g/mol. The van der Waals surface area contributed by atoms with E-state index in [9.17, 15) is 8.42 Å². The molecule has 0 fully saturated rings. The summed E-state index contributed by atoms with van der Waals surface area (Å²) in [5, 5.41) is 0.140. The van der Waals surface area contributed by atoms with E-state index < -0.39 is 10.0 Å². The summed E-state index contributed by atoms with van der Waals surface area (Å²) in [6, 6.07) is 9.47. The van der Waals surface area contributed by atoms with E-state index >= 15 is 0 Å². The Balaban J connectivity index is 2.37. The fourth-order valence-electron chi connectivity index (χ4n) is 1.63. The fraction of sp³-hybridized carbons (Fsp3) is 0.0769. The van der Waals surface area contributed by atoms with Gasteiger partial charge in [-0.3, -0.25) is 4.72 Å². The Bertz CT molecular complexity index is 781. The van der Waals surface area contributed by atoms with E-state index in [2.05, 4.69) is 36.6 Å². The molecule has 21 heavy (non-hydrogen) atoms. The maximum absolute atomic E-state index is 12.4. The summed E-state index contributed by atoms with van der Waals surface area (Å²) in [6.45, 7) is 0. The minimum atomic E-state index is -3.77. The van der Waals surface area contributed by atoms with Crippen LogP contribution in [0.15, 0.2) is 50.2 Å². The third kappa shape index (κ3) is 3.91. The lowest BCUT2D eigenvalue weighted by Crippen LogP contribution is -2.13. The van der Waals surface area contributed by atoms with Gasteiger partial charge in [0.15, 0.2) is 0 Å². The number of benzene rings is 2. The van der Waals surface area contributed by atoms with Crippen molar-refractivity contribution in [3.63, 3.8) is 0 Å². The number of halogens is 3. The highest BCUT2D eigenvalue weighted by atomic mass is 79.9. The zero-order valence-corrected chi connectivity index (χ0v) is 15.5. The molecule has 0 aromatic heterocycles. The van der Waals surface area contributed by atoms with Crippen molar-refractivity contribution in [1.82, 2.24) is 0 Å². The molecule has 0 spiro atoms. The highest BCUT2D eigenvalue weighted by Gasteiger charge is 2.18. The standard InChI is InChI=1S/C13H10Br2ClNO3S/c1-20-12-7-9(3-4-10(12)15)17-21(18,19)13-5-2-8(14)6-11(13)16/h2-7,17H,1H3. The van der Waals surface area contributed by atoms with Crippen LogP contribution in [0.4, 0.5) is 5.69 Å². The summed E-state index contributed by atoms with van der Waals surface area (Å²) in [5.74, 6) is 0.525. The van der Waals surface area contributed by atoms with Crippen LogP contribution in [0.2, 0.25) is 5.02 Å². The van der Waals surface area contributed by atoms with Crippen LogP contribution in [0.1, 0.15) is 0 Å². The van der Waals surface area contributed by atoms with Crippen molar-refractivity contribution in [1.29, 1.82) is 0 Å². The van der Waals surface area contributed by atoms with Gasteiger partial charge >= 0.3 is 0 Å². The van der Waals surface area contributed by atoms with Gasteiger partial charge in [-0.25, -0.2) is 8.42 Å². The minimum absolute atomic E-state index is 0.00857. The first-order chi connectivity index (χ1) is 9.83. The van der Waals surface area contributed by atoms with Crippen molar-refractivity contribution in [2.75, 3.05) is 11.8 Å². The van der Waals surface area contributed by atoms with E-state index in [0.717, 1.165) is 4.47 Å². The summed E-state index contributed by atoms with van der Waals surface area (Å²) < 4.78 is 33.7. The van der Waals surface area contributed by atoms with Crippen LogP contribution < -0.4 is 9.46 Å². The molecular weight excluding hydrogens is 445 g/mol. The molecule has 2 aromatic rings. The van der Waals surface area contributed by atoms with Gasteiger partial charge < -0.3 is 4.74 Å². The molecule has 0 amide bonds. The molecule has 0 heterocycles. The Labute approximate surface area is 144 Å². The summed E-state index contributed by atoms with van der Waals surface area (Å²) in [6.07, 6.45) is 0. The number of methoxy groups -OCH3 is 1. The number of nitrogens with one attached hydrogen (secondary N) is 1.